The molecule has 1 unspecified atom stereocenters. The Morgan fingerprint density at radius 3 is 2.82 bits per heavy atom. The molecule has 1 atom stereocenters. The molecule has 1 amide bonds. The van der Waals surface area contributed by atoms with E-state index in [0.717, 1.165) is 0 Å². The Hall–Kier alpha value is -1.56. The molecule has 17 heavy (non-hydrogen) atoms. The van der Waals surface area contributed by atoms with E-state index >= 15 is 0 Å². The Labute approximate surface area is 101 Å². The van der Waals surface area contributed by atoms with E-state index in [0.29, 0.717) is 30.2 Å². The van der Waals surface area contributed by atoms with Gasteiger partial charge in [-0.3, -0.25) is 9.48 Å². The Kier molecular flexibility index (Phi) is 4.51. The molecule has 0 spiro atoms. The molecule has 1 aromatic rings. The van der Waals surface area contributed by atoms with Crippen molar-refractivity contribution in [2.75, 3.05) is 18.9 Å². The molecule has 6 nitrogen and oxygen atoms in total. The summed E-state index contributed by atoms with van der Waals surface area (Å²) in [7, 11) is 0. The molecule has 0 radical (unpaired) electrons. The molecule has 96 valence electrons. The van der Waals surface area contributed by atoms with E-state index in [4.69, 9.17) is 10.8 Å². The summed E-state index contributed by atoms with van der Waals surface area (Å²) in [6, 6.07) is 0. The van der Waals surface area contributed by atoms with E-state index in [-0.39, 0.29) is 18.4 Å². The Morgan fingerprint density at radius 2 is 2.29 bits per heavy atom. The van der Waals surface area contributed by atoms with Crippen LogP contribution in [0.4, 0.5) is 5.69 Å². The average Bonchev–Trinajstić information content (AvgIpc) is 2.61. The number of aryl methyl sites for hydroxylation is 2. The first-order valence-corrected chi connectivity index (χ1v) is 5.73. The van der Waals surface area contributed by atoms with Gasteiger partial charge in [-0.25, -0.2) is 0 Å². The highest BCUT2D eigenvalue weighted by Gasteiger charge is 2.19. The molecular formula is C11H20N4O2. The SMILES string of the molecule is CCn1nc(C)c(N)c1C(=O)NCC(C)CO. The van der Waals surface area contributed by atoms with Crippen molar-refractivity contribution in [3.63, 3.8) is 0 Å². The van der Waals surface area contributed by atoms with Gasteiger partial charge in [0, 0.05) is 19.7 Å². The van der Waals surface area contributed by atoms with Crippen molar-refractivity contribution < 1.29 is 9.90 Å². The zero-order valence-electron chi connectivity index (χ0n) is 10.5. The van der Waals surface area contributed by atoms with E-state index in [2.05, 4.69) is 10.4 Å². The van der Waals surface area contributed by atoms with E-state index in [1.165, 1.54) is 0 Å². The van der Waals surface area contributed by atoms with Gasteiger partial charge in [0.2, 0.25) is 0 Å². The number of carbonyl (C=O) groups excluding carboxylic acids is 1. The van der Waals surface area contributed by atoms with E-state index in [1.807, 2.05) is 13.8 Å². The molecule has 0 saturated carbocycles. The lowest BCUT2D eigenvalue weighted by Crippen LogP contribution is -2.31. The molecule has 0 aliphatic rings. The maximum absolute atomic E-state index is 11.9. The summed E-state index contributed by atoms with van der Waals surface area (Å²) in [5, 5.41) is 15.8. The number of aliphatic hydroxyl groups excluding tert-OH is 1. The number of hydrogen-bond donors (Lipinski definition) is 3. The van der Waals surface area contributed by atoms with Crippen molar-refractivity contribution >= 4 is 11.6 Å². The first-order chi connectivity index (χ1) is 8.01. The van der Waals surface area contributed by atoms with Crippen LogP contribution in [0.3, 0.4) is 0 Å². The topological polar surface area (TPSA) is 93.2 Å². The predicted octanol–water partition coefficient (Wildman–Crippen LogP) is 0.152. The lowest BCUT2D eigenvalue weighted by atomic mass is 10.2. The van der Waals surface area contributed by atoms with Crippen molar-refractivity contribution in [2.24, 2.45) is 5.92 Å². The molecular weight excluding hydrogens is 220 g/mol. The van der Waals surface area contributed by atoms with Gasteiger partial charge in [0.15, 0.2) is 0 Å². The second kappa shape index (κ2) is 5.67. The van der Waals surface area contributed by atoms with Gasteiger partial charge in [-0.15, -0.1) is 0 Å². The molecule has 1 aromatic heterocycles. The number of nitrogens with one attached hydrogen (secondary N) is 1. The highest BCUT2D eigenvalue weighted by molar-refractivity contribution is 5.97. The van der Waals surface area contributed by atoms with Crippen LogP contribution in [0.25, 0.3) is 0 Å². The minimum atomic E-state index is -0.245. The average molecular weight is 240 g/mol. The maximum atomic E-state index is 11.9. The normalized spacial score (nSPS) is 12.5. The van der Waals surface area contributed by atoms with Gasteiger partial charge in [-0.2, -0.15) is 5.10 Å². The zero-order chi connectivity index (χ0) is 13.0. The molecule has 0 aliphatic heterocycles. The monoisotopic (exact) mass is 240 g/mol. The molecule has 1 rings (SSSR count). The molecule has 4 N–H and O–H groups in total. The van der Waals surface area contributed by atoms with Crippen LogP contribution in [0, 0.1) is 12.8 Å². The fourth-order valence-electron chi connectivity index (χ4n) is 1.48. The van der Waals surface area contributed by atoms with Crippen LogP contribution >= 0.6 is 0 Å². The number of carbonyl (C=O) groups is 1. The second-order valence-electron chi connectivity index (χ2n) is 4.16. The van der Waals surface area contributed by atoms with Crippen LogP contribution in [-0.2, 0) is 6.54 Å². The molecule has 0 aliphatic carbocycles. The van der Waals surface area contributed by atoms with Gasteiger partial charge in [0.05, 0.1) is 11.4 Å². The van der Waals surface area contributed by atoms with Crippen molar-refractivity contribution in [3.05, 3.63) is 11.4 Å². The molecule has 0 aromatic carbocycles. The first-order valence-electron chi connectivity index (χ1n) is 5.73. The van der Waals surface area contributed by atoms with Crippen molar-refractivity contribution in [3.8, 4) is 0 Å². The first kappa shape index (κ1) is 13.5. The number of anilines is 1. The van der Waals surface area contributed by atoms with Crippen LogP contribution < -0.4 is 11.1 Å². The fourth-order valence-corrected chi connectivity index (χ4v) is 1.48. The summed E-state index contributed by atoms with van der Waals surface area (Å²) in [4.78, 5) is 11.9. The number of aliphatic hydroxyl groups is 1. The smallest absolute Gasteiger partial charge is 0.271 e. The number of nitrogens with two attached hydrogens (primary N) is 1. The highest BCUT2D eigenvalue weighted by atomic mass is 16.3. The molecule has 0 fully saturated rings. The molecule has 6 heteroatoms. The minimum absolute atomic E-state index is 0.0271. The van der Waals surface area contributed by atoms with Crippen LogP contribution in [0.1, 0.15) is 30.0 Å². The summed E-state index contributed by atoms with van der Waals surface area (Å²) in [6.07, 6.45) is 0. The summed E-state index contributed by atoms with van der Waals surface area (Å²) < 4.78 is 1.59. The van der Waals surface area contributed by atoms with E-state index < -0.39 is 0 Å². The predicted molar refractivity (Wildman–Crippen MR) is 65.6 cm³/mol. The van der Waals surface area contributed by atoms with Gasteiger partial charge >= 0.3 is 0 Å². The maximum Gasteiger partial charge on any atom is 0.271 e. The Balaban J connectivity index is 2.81. The molecule has 0 bridgehead atoms. The molecule has 1 heterocycles. The fraction of sp³-hybridized carbons (Fsp3) is 0.636. The van der Waals surface area contributed by atoms with Gasteiger partial charge in [-0.05, 0) is 19.8 Å². The quantitative estimate of drug-likeness (QED) is 0.683. The third-order valence-corrected chi connectivity index (χ3v) is 2.61. The zero-order valence-corrected chi connectivity index (χ0v) is 10.5. The van der Waals surface area contributed by atoms with Crippen LogP contribution in [0.5, 0.6) is 0 Å². The van der Waals surface area contributed by atoms with Crippen LogP contribution in [-0.4, -0.2) is 33.9 Å². The number of aromatic nitrogens is 2. The van der Waals surface area contributed by atoms with Crippen molar-refractivity contribution in [1.29, 1.82) is 0 Å². The number of hydrogen-bond acceptors (Lipinski definition) is 4. The van der Waals surface area contributed by atoms with Crippen molar-refractivity contribution in [2.45, 2.75) is 27.3 Å². The van der Waals surface area contributed by atoms with E-state index in [1.54, 1.807) is 11.6 Å². The number of amides is 1. The number of nitrogen functional groups attached to an aromatic ring is 1. The Bertz CT molecular complexity index is 400. The third kappa shape index (κ3) is 2.97. The van der Waals surface area contributed by atoms with Crippen LogP contribution in [0.2, 0.25) is 0 Å². The lowest BCUT2D eigenvalue weighted by Gasteiger charge is -2.10. The van der Waals surface area contributed by atoms with Crippen LogP contribution in [0.15, 0.2) is 0 Å². The standard InChI is InChI=1S/C11H20N4O2/c1-4-15-10(9(12)8(3)14-15)11(17)13-5-7(2)6-16/h7,16H,4-6,12H2,1-3H3,(H,13,17). The second-order valence-corrected chi connectivity index (χ2v) is 4.16. The van der Waals surface area contributed by atoms with Gasteiger partial charge in [0.1, 0.15) is 5.69 Å². The molecule has 0 saturated heterocycles. The van der Waals surface area contributed by atoms with E-state index in [9.17, 15) is 4.79 Å². The third-order valence-electron chi connectivity index (χ3n) is 2.61. The lowest BCUT2D eigenvalue weighted by molar-refractivity contribution is 0.0932. The van der Waals surface area contributed by atoms with Crippen molar-refractivity contribution in [1.82, 2.24) is 15.1 Å². The Morgan fingerprint density at radius 1 is 1.65 bits per heavy atom. The summed E-state index contributed by atoms with van der Waals surface area (Å²) >= 11 is 0. The summed E-state index contributed by atoms with van der Waals surface area (Å²) in [5.74, 6) is -0.218. The summed E-state index contributed by atoms with van der Waals surface area (Å²) in [5.41, 5.74) is 7.30. The van der Waals surface area contributed by atoms with Gasteiger partial charge < -0.3 is 16.2 Å². The van der Waals surface area contributed by atoms with Gasteiger partial charge in [0.25, 0.3) is 5.91 Å². The van der Waals surface area contributed by atoms with Gasteiger partial charge in [-0.1, -0.05) is 6.92 Å². The summed E-state index contributed by atoms with van der Waals surface area (Å²) in [6.45, 7) is 6.58. The number of nitrogens with zero attached hydrogens (tertiary/aromatic N) is 2. The largest absolute Gasteiger partial charge is 0.396 e. The number of rotatable bonds is 5. The highest BCUT2D eigenvalue weighted by Crippen LogP contribution is 2.16. The minimum Gasteiger partial charge on any atom is -0.396 e.